The maximum atomic E-state index is 5.82. The maximum Gasteiger partial charge on any atom is 0.00511 e. The van der Waals surface area contributed by atoms with Gasteiger partial charge in [-0.3, -0.25) is 0 Å². The summed E-state index contributed by atoms with van der Waals surface area (Å²) in [5.74, 6) is 0. The molecule has 2 rings (SSSR count). The lowest BCUT2D eigenvalue weighted by atomic mass is 10.00. The summed E-state index contributed by atoms with van der Waals surface area (Å²) in [6.45, 7) is 2.04. The number of halogens is 1. The van der Waals surface area contributed by atoms with Crippen molar-refractivity contribution >= 4 is 23.2 Å². The molecule has 2 aromatic rings. The monoisotopic (exact) mass is 221 g/mol. The van der Waals surface area contributed by atoms with Crippen molar-refractivity contribution in [2.75, 3.05) is 0 Å². The van der Waals surface area contributed by atoms with Gasteiger partial charge in [0.05, 0.1) is 0 Å². The van der Waals surface area contributed by atoms with Crippen molar-refractivity contribution in [3.8, 4) is 0 Å². The molecule has 15 heavy (non-hydrogen) atoms. The highest BCUT2D eigenvalue weighted by Crippen LogP contribution is 2.19. The maximum absolute atomic E-state index is 5.82. The van der Waals surface area contributed by atoms with E-state index in [9.17, 15) is 0 Å². The van der Waals surface area contributed by atoms with Crippen LogP contribution in [0.3, 0.4) is 0 Å². The minimum Gasteiger partial charge on any atom is -0.328 e. The molecule has 0 saturated heterocycles. The Labute approximate surface area is 96.7 Å². The lowest BCUT2D eigenvalue weighted by Gasteiger charge is -2.08. The summed E-state index contributed by atoms with van der Waals surface area (Å²) in [7, 11) is 0. The van der Waals surface area contributed by atoms with E-state index >= 15 is 0 Å². The molecule has 0 fully saturated rings. The van der Waals surface area contributed by atoms with Crippen LogP contribution in [-0.2, 0) is 6.42 Å². The molecule has 0 amide bonds. The van der Waals surface area contributed by atoms with E-state index in [0.29, 0.717) is 0 Å². The third kappa shape index (κ3) is 2.71. The van der Waals surface area contributed by atoms with E-state index in [4.69, 9.17) is 5.73 Å². The van der Waals surface area contributed by atoms with Crippen LogP contribution >= 0.6 is 12.4 Å². The molecule has 1 nitrogen and oxygen atoms in total. The number of hydrogen-bond acceptors (Lipinski definition) is 1. The van der Waals surface area contributed by atoms with Gasteiger partial charge in [-0.15, -0.1) is 12.4 Å². The number of nitrogens with two attached hydrogens (primary N) is 1. The second-order valence-electron chi connectivity index (χ2n) is 3.82. The van der Waals surface area contributed by atoms with Crippen LogP contribution in [0, 0.1) is 0 Å². The summed E-state index contributed by atoms with van der Waals surface area (Å²) in [6, 6.07) is 15.1. The van der Waals surface area contributed by atoms with Gasteiger partial charge in [0.25, 0.3) is 0 Å². The molecule has 0 heterocycles. The molecule has 2 aromatic carbocycles. The molecule has 0 saturated carbocycles. The molecule has 2 N–H and O–H groups in total. The van der Waals surface area contributed by atoms with Crippen molar-refractivity contribution in [3.05, 3.63) is 48.0 Å². The quantitative estimate of drug-likeness (QED) is 0.829. The van der Waals surface area contributed by atoms with E-state index in [1.54, 1.807) is 0 Å². The second-order valence-corrected chi connectivity index (χ2v) is 3.82. The Hall–Kier alpha value is -1.05. The van der Waals surface area contributed by atoms with Gasteiger partial charge in [-0.25, -0.2) is 0 Å². The molecule has 0 aliphatic heterocycles. The first-order valence-electron chi connectivity index (χ1n) is 4.99. The number of rotatable bonds is 2. The smallest absolute Gasteiger partial charge is 0.00511 e. The van der Waals surface area contributed by atoms with Gasteiger partial charge in [-0.1, -0.05) is 42.5 Å². The lowest BCUT2D eigenvalue weighted by molar-refractivity contribution is 0.742. The third-order valence-corrected chi connectivity index (χ3v) is 2.42. The predicted octanol–water partition coefficient (Wildman–Crippen LogP) is 3.15. The third-order valence-electron chi connectivity index (χ3n) is 2.42. The van der Waals surface area contributed by atoms with Crippen molar-refractivity contribution in [2.24, 2.45) is 5.73 Å². The Bertz CT molecular complexity index is 432. The summed E-state index contributed by atoms with van der Waals surface area (Å²) in [5, 5.41) is 2.62. The van der Waals surface area contributed by atoms with Crippen molar-refractivity contribution in [1.82, 2.24) is 0 Å². The molecule has 1 unspecified atom stereocenters. The van der Waals surface area contributed by atoms with Gasteiger partial charge in [-0.2, -0.15) is 0 Å². The topological polar surface area (TPSA) is 26.0 Å². The molecule has 0 aliphatic rings. The summed E-state index contributed by atoms with van der Waals surface area (Å²) in [4.78, 5) is 0. The van der Waals surface area contributed by atoms with Crippen LogP contribution in [-0.4, -0.2) is 6.04 Å². The van der Waals surface area contributed by atoms with E-state index < -0.39 is 0 Å². The first kappa shape index (κ1) is 12.0. The molecule has 0 aromatic heterocycles. The SMILES string of the molecule is CC(N)Cc1cccc2ccccc12.Cl. The summed E-state index contributed by atoms with van der Waals surface area (Å²) >= 11 is 0. The van der Waals surface area contributed by atoms with Gasteiger partial charge >= 0.3 is 0 Å². The molecule has 1 atom stereocenters. The number of benzene rings is 2. The fourth-order valence-electron chi connectivity index (χ4n) is 1.82. The molecular formula is C13H16ClN. The minimum atomic E-state index is 0. The second kappa shape index (κ2) is 5.15. The number of hydrogen-bond donors (Lipinski definition) is 1. The zero-order chi connectivity index (χ0) is 9.97. The Morgan fingerprint density at radius 2 is 1.73 bits per heavy atom. The zero-order valence-corrected chi connectivity index (χ0v) is 9.63. The summed E-state index contributed by atoms with van der Waals surface area (Å²) < 4.78 is 0. The Kier molecular flexibility index (Phi) is 4.13. The van der Waals surface area contributed by atoms with E-state index in [1.165, 1.54) is 16.3 Å². The lowest BCUT2D eigenvalue weighted by Crippen LogP contribution is -2.17. The van der Waals surface area contributed by atoms with Gasteiger partial charge in [0.1, 0.15) is 0 Å². The van der Waals surface area contributed by atoms with Gasteiger partial charge < -0.3 is 5.73 Å². The standard InChI is InChI=1S/C13H15N.ClH/c1-10(14)9-12-7-4-6-11-5-2-3-8-13(11)12;/h2-8,10H,9,14H2,1H3;1H. The van der Waals surface area contributed by atoms with Crippen LogP contribution in [0.2, 0.25) is 0 Å². The normalized spacial score (nSPS) is 12.1. The van der Waals surface area contributed by atoms with Crippen molar-refractivity contribution in [3.63, 3.8) is 0 Å². The Morgan fingerprint density at radius 1 is 1.07 bits per heavy atom. The van der Waals surface area contributed by atoms with Gasteiger partial charge in [0.15, 0.2) is 0 Å². The molecule has 0 aliphatic carbocycles. The first-order chi connectivity index (χ1) is 6.77. The van der Waals surface area contributed by atoms with Gasteiger partial charge in [-0.05, 0) is 29.7 Å². The predicted molar refractivity (Wildman–Crippen MR) is 68.5 cm³/mol. The van der Waals surface area contributed by atoms with Crippen molar-refractivity contribution < 1.29 is 0 Å². The van der Waals surface area contributed by atoms with Crippen LogP contribution in [0.15, 0.2) is 42.5 Å². The molecule has 0 spiro atoms. The van der Waals surface area contributed by atoms with Crippen molar-refractivity contribution in [1.29, 1.82) is 0 Å². The highest BCUT2D eigenvalue weighted by molar-refractivity contribution is 5.86. The van der Waals surface area contributed by atoms with Gasteiger partial charge in [0, 0.05) is 6.04 Å². The van der Waals surface area contributed by atoms with E-state index in [1.807, 2.05) is 6.92 Å². The number of fused-ring (bicyclic) bond motifs is 1. The van der Waals surface area contributed by atoms with E-state index in [-0.39, 0.29) is 18.4 Å². The Balaban J connectivity index is 0.00000112. The van der Waals surface area contributed by atoms with Crippen LogP contribution in [0.4, 0.5) is 0 Å². The average molecular weight is 222 g/mol. The van der Waals surface area contributed by atoms with Crippen LogP contribution < -0.4 is 5.73 Å². The zero-order valence-electron chi connectivity index (χ0n) is 8.81. The fourth-order valence-corrected chi connectivity index (χ4v) is 1.82. The van der Waals surface area contributed by atoms with Gasteiger partial charge in [0.2, 0.25) is 0 Å². The molecule has 2 heteroatoms. The summed E-state index contributed by atoms with van der Waals surface area (Å²) in [5.41, 5.74) is 7.16. The fraction of sp³-hybridized carbons (Fsp3) is 0.231. The average Bonchev–Trinajstić information content (AvgIpc) is 2.18. The van der Waals surface area contributed by atoms with E-state index in [0.717, 1.165) is 6.42 Å². The first-order valence-corrected chi connectivity index (χ1v) is 4.99. The minimum absolute atomic E-state index is 0. The highest BCUT2D eigenvalue weighted by Gasteiger charge is 2.01. The Morgan fingerprint density at radius 3 is 2.47 bits per heavy atom. The molecule has 80 valence electrons. The van der Waals surface area contributed by atoms with E-state index in [2.05, 4.69) is 42.5 Å². The molecular weight excluding hydrogens is 206 g/mol. The molecule has 0 bridgehead atoms. The van der Waals surface area contributed by atoms with Crippen LogP contribution in [0.1, 0.15) is 12.5 Å². The highest BCUT2D eigenvalue weighted by atomic mass is 35.5. The largest absolute Gasteiger partial charge is 0.328 e. The van der Waals surface area contributed by atoms with Crippen molar-refractivity contribution in [2.45, 2.75) is 19.4 Å². The van der Waals surface area contributed by atoms with Crippen LogP contribution in [0.5, 0.6) is 0 Å². The molecule has 0 radical (unpaired) electrons. The summed E-state index contributed by atoms with van der Waals surface area (Å²) in [6.07, 6.45) is 0.946. The van der Waals surface area contributed by atoms with Crippen LogP contribution in [0.25, 0.3) is 10.8 Å².